The van der Waals surface area contributed by atoms with Gasteiger partial charge in [-0.2, -0.15) is 0 Å². The maximum absolute atomic E-state index is 13.2. The molecule has 7 nitrogen and oxygen atoms in total. The summed E-state index contributed by atoms with van der Waals surface area (Å²) in [5.74, 6) is 0.603. The Labute approximate surface area is 185 Å². The predicted molar refractivity (Wildman–Crippen MR) is 120 cm³/mol. The molecule has 1 amide bonds. The highest BCUT2D eigenvalue weighted by molar-refractivity contribution is 6.33. The first-order chi connectivity index (χ1) is 14.1. The highest BCUT2D eigenvalue weighted by Gasteiger charge is 2.30. The molecule has 0 unspecified atom stereocenters. The number of carbonyl (C=O) groups is 1. The first-order valence-corrected chi connectivity index (χ1v) is 9.64. The van der Waals surface area contributed by atoms with Crippen LogP contribution in [0.5, 0.6) is 5.75 Å². The zero-order valence-electron chi connectivity index (χ0n) is 16.4. The Bertz CT molecular complexity index is 1030. The second-order valence-electron chi connectivity index (χ2n) is 6.73. The minimum atomic E-state index is -0.205. The van der Waals surface area contributed by atoms with Crippen LogP contribution in [0.2, 0.25) is 5.02 Å². The van der Waals surface area contributed by atoms with Crippen LogP contribution >= 0.6 is 24.0 Å². The van der Waals surface area contributed by atoms with Crippen molar-refractivity contribution in [3.05, 3.63) is 59.1 Å². The van der Waals surface area contributed by atoms with Crippen LogP contribution in [0, 0.1) is 0 Å². The third-order valence-corrected chi connectivity index (χ3v) is 5.38. The van der Waals surface area contributed by atoms with E-state index in [1.165, 1.54) is 0 Å². The van der Waals surface area contributed by atoms with Gasteiger partial charge in [0, 0.05) is 43.5 Å². The van der Waals surface area contributed by atoms with Gasteiger partial charge in [-0.3, -0.25) is 4.79 Å². The number of carbonyl (C=O) groups excluding carboxylic acids is 1. The number of nitrogens with two attached hydrogens (primary N) is 1. The summed E-state index contributed by atoms with van der Waals surface area (Å²) >= 11 is 6.28. The molecule has 0 bridgehead atoms. The van der Waals surface area contributed by atoms with E-state index < -0.39 is 0 Å². The van der Waals surface area contributed by atoms with E-state index in [1.54, 1.807) is 24.1 Å². The minimum absolute atomic E-state index is 0. The first kappa shape index (κ1) is 21.8. The molecular formula is C21H22Cl2N4O3. The summed E-state index contributed by atoms with van der Waals surface area (Å²) in [5.41, 5.74) is 8.25. The average Bonchev–Trinajstić information content (AvgIpc) is 3.15. The van der Waals surface area contributed by atoms with Crippen LogP contribution in [0.4, 0.5) is 11.6 Å². The summed E-state index contributed by atoms with van der Waals surface area (Å²) in [6.45, 7) is 2.52. The Hall–Kier alpha value is -2.90. The van der Waals surface area contributed by atoms with Crippen molar-refractivity contribution in [3.8, 4) is 17.0 Å². The number of halogens is 2. The van der Waals surface area contributed by atoms with Gasteiger partial charge in [-0.1, -0.05) is 41.0 Å². The Morgan fingerprint density at radius 3 is 2.57 bits per heavy atom. The Morgan fingerprint density at radius 1 is 1.13 bits per heavy atom. The number of rotatable bonds is 4. The van der Waals surface area contributed by atoms with Gasteiger partial charge in [0.15, 0.2) is 0 Å². The van der Waals surface area contributed by atoms with Crippen LogP contribution in [0.3, 0.4) is 0 Å². The van der Waals surface area contributed by atoms with Crippen LogP contribution in [0.15, 0.2) is 53.1 Å². The lowest BCUT2D eigenvalue weighted by Crippen LogP contribution is -2.49. The summed E-state index contributed by atoms with van der Waals surface area (Å²) < 4.78 is 10.4. The van der Waals surface area contributed by atoms with E-state index in [4.69, 9.17) is 26.6 Å². The monoisotopic (exact) mass is 448 g/mol. The zero-order valence-corrected chi connectivity index (χ0v) is 17.9. The molecule has 30 heavy (non-hydrogen) atoms. The lowest BCUT2D eigenvalue weighted by atomic mass is 10.1. The maximum atomic E-state index is 13.2. The number of hydrogen-bond donors (Lipinski definition) is 1. The Kier molecular flexibility index (Phi) is 6.74. The number of methoxy groups -OCH3 is 1. The van der Waals surface area contributed by atoms with Gasteiger partial charge in [0.25, 0.3) is 5.91 Å². The molecule has 2 heterocycles. The van der Waals surface area contributed by atoms with Gasteiger partial charge in [0.1, 0.15) is 17.0 Å². The topological polar surface area (TPSA) is 84.8 Å². The molecule has 1 aromatic heterocycles. The molecule has 0 radical (unpaired) electrons. The number of piperazine rings is 1. The molecule has 3 aromatic rings. The van der Waals surface area contributed by atoms with E-state index in [0.717, 1.165) is 11.4 Å². The van der Waals surface area contributed by atoms with Gasteiger partial charge in [0.2, 0.25) is 5.88 Å². The number of nitrogen functional groups attached to an aromatic ring is 1. The Balaban J connectivity index is 0.00000256. The highest BCUT2D eigenvalue weighted by Crippen LogP contribution is 2.33. The van der Waals surface area contributed by atoms with Crippen molar-refractivity contribution in [3.63, 3.8) is 0 Å². The normalized spacial score (nSPS) is 13.7. The van der Waals surface area contributed by atoms with Gasteiger partial charge in [-0.05, 0) is 18.2 Å². The van der Waals surface area contributed by atoms with E-state index in [1.807, 2.05) is 36.4 Å². The fourth-order valence-electron chi connectivity index (χ4n) is 3.48. The van der Waals surface area contributed by atoms with Crippen molar-refractivity contribution in [1.29, 1.82) is 0 Å². The second kappa shape index (κ2) is 9.28. The van der Waals surface area contributed by atoms with Gasteiger partial charge >= 0.3 is 0 Å². The third kappa shape index (κ3) is 4.17. The standard InChI is InChI=1S/C21H21ClN4O3.ClH/c1-28-15-6-4-5-14(13-15)25-9-11-26(12-10-25)21(27)18-19(24-29-20(18)23)16-7-2-3-8-17(16)22;/h2-8,13H,9-12,23H2,1H3;1H. The largest absolute Gasteiger partial charge is 0.497 e. The van der Waals surface area contributed by atoms with E-state index >= 15 is 0 Å². The summed E-state index contributed by atoms with van der Waals surface area (Å²) in [7, 11) is 1.65. The number of ether oxygens (including phenoxy) is 1. The number of hydrogen-bond acceptors (Lipinski definition) is 6. The number of nitrogens with zero attached hydrogens (tertiary/aromatic N) is 3. The van der Waals surface area contributed by atoms with E-state index in [2.05, 4.69) is 10.1 Å². The molecule has 2 N–H and O–H groups in total. The molecule has 1 saturated heterocycles. The third-order valence-electron chi connectivity index (χ3n) is 5.05. The molecule has 158 valence electrons. The van der Waals surface area contributed by atoms with E-state index in [-0.39, 0.29) is 29.8 Å². The van der Waals surface area contributed by atoms with Crippen molar-refractivity contribution in [2.24, 2.45) is 0 Å². The fraction of sp³-hybridized carbons (Fsp3) is 0.238. The lowest BCUT2D eigenvalue weighted by molar-refractivity contribution is 0.0748. The lowest BCUT2D eigenvalue weighted by Gasteiger charge is -2.36. The highest BCUT2D eigenvalue weighted by atomic mass is 35.5. The molecular weight excluding hydrogens is 427 g/mol. The summed E-state index contributed by atoms with van der Waals surface area (Å²) in [5, 5.41) is 4.47. The van der Waals surface area contributed by atoms with Gasteiger partial charge in [-0.15, -0.1) is 12.4 Å². The molecule has 1 aliphatic rings. The fourth-order valence-corrected chi connectivity index (χ4v) is 3.70. The van der Waals surface area contributed by atoms with Crippen molar-refractivity contribution < 1.29 is 14.1 Å². The average molecular weight is 449 g/mol. The van der Waals surface area contributed by atoms with Crippen LogP contribution < -0.4 is 15.4 Å². The van der Waals surface area contributed by atoms with E-state index in [0.29, 0.717) is 42.5 Å². The van der Waals surface area contributed by atoms with Crippen LogP contribution in [-0.2, 0) is 0 Å². The Morgan fingerprint density at radius 2 is 1.87 bits per heavy atom. The smallest absolute Gasteiger partial charge is 0.261 e. The summed E-state index contributed by atoms with van der Waals surface area (Å²) in [6, 6.07) is 15.1. The quantitative estimate of drug-likeness (QED) is 0.649. The molecule has 1 aliphatic heterocycles. The van der Waals surface area contributed by atoms with Crippen LogP contribution in [-0.4, -0.2) is 49.3 Å². The summed E-state index contributed by atoms with van der Waals surface area (Å²) in [6.07, 6.45) is 0. The van der Waals surface area contributed by atoms with Crippen molar-refractivity contribution in [2.45, 2.75) is 0 Å². The molecule has 4 rings (SSSR count). The number of aromatic nitrogens is 1. The van der Waals surface area contributed by atoms with Crippen molar-refractivity contribution in [2.75, 3.05) is 43.9 Å². The van der Waals surface area contributed by atoms with Gasteiger partial charge in [-0.25, -0.2) is 0 Å². The van der Waals surface area contributed by atoms with Crippen LogP contribution in [0.1, 0.15) is 10.4 Å². The van der Waals surface area contributed by atoms with Crippen molar-refractivity contribution in [1.82, 2.24) is 10.1 Å². The predicted octanol–water partition coefficient (Wildman–Crippen LogP) is 3.97. The molecule has 0 atom stereocenters. The summed E-state index contributed by atoms with van der Waals surface area (Å²) in [4.78, 5) is 17.2. The van der Waals surface area contributed by atoms with E-state index in [9.17, 15) is 4.79 Å². The number of anilines is 2. The maximum Gasteiger partial charge on any atom is 0.261 e. The zero-order chi connectivity index (χ0) is 20.4. The number of amides is 1. The second-order valence-corrected chi connectivity index (χ2v) is 7.14. The minimum Gasteiger partial charge on any atom is -0.497 e. The SMILES string of the molecule is COc1cccc(N2CCN(C(=O)c3c(-c4ccccc4Cl)noc3N)CC2)c1.Cl. The van der Waals surface area contributed by atoms with Crippen LogP contribution in [0.25, 0.3) is 11.3 Å². The molecule has 1 fully saturated rings. The molecule has 2 aromatic carbocycles. The number of benzene rings is 2. The van der Waals surface area contributed by atoms with Crippen molar-refractivity contribution >= 4 is 41.5 Å². The van der Waals surface area contributed by atoms with Gasteiger partial charge in [0.05, 0.1) is 12.1 Å². The van der Waals surface area contributed by atoms with Gasteiger partial charge < -0.3 is 24.8 Å². The first-order valence-electron chi connectivity index (χ1n) is 9.27. The molecule has 0 spiro atoms. The molecule has 9 heteroatoms. The molecule has 0 saturated carbocycles. The molecule has 0 aliphatic carbocycles.